The predicted octanol–water partition coefficient (Wildman–Crippen LogP) is 1.82. The van der Waals surface area contributed by atoms with Crippen LogP contribution in [0.5, 0.6) is 0 Å². The molecule has 0 saturated heterocycles. The monoisotopic (exact) mass is 264 g/mol. The molecule has 1 aromatic heterocycles. The van der Waals surface area contributed by atoms with E-state index >= 15 is 0 Å². The van der Waals surface area contributed by atoms with Crippen LogP contribution in [-0.4, -0.2) is 50.7 Å². The molecular formula is C15H28N4. The third kappa shape index (κ3) is 6.03. The Morgan fingerprint density at radius 3 is 2.58 bits per heavy atom. The van der Waals surface area contributed by atoms with E-state index in [0.29, 0.717) is 5.92 Å². The minimum Gasteiger partial charge on any atom is -0.370 e. The lowest BCUT2D eigenvalue weighted by molar-refractivity contribution is 0.409. The minimum absolute atomic E-state index is 0.656. The molecule has 0 aliphatic rings. The van der Waals surface area contributed by atoms with Crippen LogP contribution >= 0.6 is 0 Å². The van der Waals surface area contributed by atoms with Crippen molar-refractivity contribution < 1.29 is 0 Å². The molecule has 108 valence electrons. The number of aromatic nitrogens is 1. The summed E-state index contributed by atoms with van der Waals surface area (Å²) in [6, 6.07) is 4.30. The summed E-state index contributed by atoms with van der Waals surface area (Å²) >= 11 is 0. The van der Waals surface area contributed by atoms with Gasteiger partial charge in [-0.1, -0.05) is 13.8 Å². The summed E-state index contributed by atoms with van der Waals surface area (Å²) < 4.78 is 0. The van der Waals surface area contributed by atoms with E-state index in [1.807, 2.05) is 13.2 Å². The van der Waals surface area contributed by atoms with Crippen molar-refractivity contribution in [3.8, 4) is 0 Å². The number of likely N-dealkylation sites (N-methyl/N-ethyl adjacent to an activating group) is 1. The van der Waals surface area contributed by atoms with Gasteiger partial charge in [0.05, 0.1) is 5.69 Å². The van der Waals surface area contributed by atoms with Gasteiger partial charge in [0.2, 0.25) is 0 Å². The molecule has 0 amide bonds. The van der Waals surface area contributed by atoms with E-state index in [4.69, 9.17) is 0 Å². The lowest BCUT2D eigenvalue weighted by Gasteiger charge is -2.28. The lowest BCUT2D eigenvalue weighted by atomic mass is 10.2. The highest BCUT2D eigenvalue weighted by atomic mass is 15.2. The van der Waals surface area contributed by atoms with Gasteiger partial charge in [-0.15, -0.1) is 0 Å². The van der Waals surface area contributed by atoms with Gasteiger partial charge in [0, 0.05) is 38.1 Å². The summed E-state index contributed by atoms with van der Waals surface area (Å²) in [4.78, 5) is 9.06. The van der Waals surface area contributed by atoms with Crippen LogP contribution in [0.1, 0.15) is 19.5 Å². The van der Waals surface area contributed by atoms with Gasteiger partial charge >= 0.3 is 0 Å². The molecule has 1 heterocycles. The molecule has 1 aromatic rings. The van der Waals surface area contributed by atoms with E-state index in [0.717, 1.165) is 31.9 Å². The normalized spacial score (nSPS) is 11.3. The molecule has 0 saturated carbocycles. The van der Waals surface area contributed by atoms with Gasteiger partial charge in [-0.2, -0.15) is 0 Å². The van der Waals surface area contributed by atoms with Gasteiger partial charge in [-0.05, 0) is 39.2 Å². The van der Waals surface area contributed by atoms with E-state index in [1.54, 1.807) is 0 Å². The van der Waals surface area contributed by atoms with E-state index in [2.05, 4.69) is 60.2 Å². The Morgan fingerprint density at radius 2 is 2.00 bits per heavy atom. The van der Waals surface area contributed by atoms with Crippen LogP contribution in [0.2, 0.25) is 0 Å². The molecule has 4 heteroatoms. The van der Waals surface area contributed by atoms with Crippen molar-refractivity contribution in [2.75, 3.05) is 45.7 Å². The Balaban J connectivity index is 2.79. The molecule has 0 aromatic carbocycles. The first-order valence-corrected chi connectivity index (χ1v) is 7.02. The second kappa shape index (κ2) is 8.12. The van der Waals surface area contributed by atoms with Crippen LogP contribution in [0.25, 0.3) is 0 Å². The third-order valence-electron chi connectivity index (χ3n) is 2.93. The fourth-order valence-electron chi connectivity index (χ4n) is 2.03. The average Bonchev–Trinajstić information content (AvgIpc) is 2.34. The van der Waals surface area contributed by atoms with Gasteiger partial charge < -0.3 is 15.1 Å². The lowest BCUT2D eigenvalue weighted by Crippen LogP contribution is -2.34. The van der Waals surface area contributed by atoms with Crippen LogP contribution in [0, 0.1) is 5.92 Å². The van der Waals surface area contributed by atoms with Crippen molar-refractivity contribution in [1.82, 2.24) is 15.2 Å². The molecule has 0 unspecified atom stereocenters. The number of pyridine rings is 1. The Hall–Kier alpha value is -1.13. The highest BCUT2D eigenvalue weighted by molar-refractivity contribution is 5.46. The number of hydrogen-bond acceptors (Lipinski definition) is 4. The van der Waals surface area contributed by atoms with Crippen LogP contribution in [0.15, 0.2) is 18.3 Å². The largest absolute Gasteiger partial charge is 0.370 e. The van der Waals surface area contributed by atoms with Crippen molar-refractivity contribution in [3.63, 3.8) is 0 Å². The molecule has 0 fully saturated rings. The predicted molar refractivity (Wildman–Crippen MR) is 82.6 cm³/mol. The number of rotatable bonds is 8. The fraction of sp³-hybridized carbons (Fsp3) is 0.667. The number of anilines is 1. The topological polar surface area (TPSA) is 31.4 Å². The molecule has 0 aliphatic carbocycles. The Kier molecular flexibility index (Phi) is 6.81. The maximum atomic E-state index is 4.39. The van der Waals surface area contributed by atoms with Gasteiger partial charge in [-0.3, -0.25) is 4.98 Å². The second-order valence-corrected chi connectivity index (χ2v) is 5.68. The Morgan fingerprint density at radius 1 is 1.26 bits per heavy atom. The average molecular weight is 264 g/mol. The molecule has 1 rings (SSSR count). The van der Waals surface area contributed by atoms with E-state index in [-0.39, 0.29) is 0 Å². The molecule has 19 heavy (non-hydrogen) atoms. The van der Waals surface area contributed by atoms with Crippen LogP contribution in [0.4, 0.5) is 5.69 Å². The molecule has 4 nitrogen and oxygen atoms in total. The SMILES string of the molecule is CNCc1cc(N(CCN(C)C)CC(C)C)ccn1. The van der Waals surface area contributed by atoms with E-state index in [1.165, 1.54) is 5.69 Å². The summed E-state index contributed by atoms with van der Waals surface area (Å²) in [5.74, 6) is 0.656. The zero-order valence-electron chi connectivity index (χ0n) is 13.0. The van der Waals surface area contributed by atoms with Crippen LogP contribution < -0.4 is 10.2 Å². The minimum atomic E-state index is 0.656. The zero-order chi connectivity index (χ0) is 14.3. The fourth-order valence-corrected chi connectivity index (χ4v) is 2.03. The molecule has 0 radical (unpaired) electrons. The van der Waals surface area contributed by atoms with E-state index < -0.39 is 0 Å². The first-order valence-electron chi connectivity index (χ1n) is 7.02. The van der Waals surface area contributed by atoms with Crippen LogP contribution in [-0.2, 0) is 6.54 Å². The van der Waals surface area contributed by atoms with Gasteiger partial charge in [0.25, 0.3) is 0 Å². The maximum absolute atomic E-state index is 4.39. The van der Waals surface area contributed by atoms with Gasteiger partial charge in [0.15, 0.2) is 0 Å². The maximum Gasteiger partial charge on any atom is 0.0562 e. The summed E-state index contributed by atoms with van der Waals surface area (Å²) in [5.41, 5.74) is 2.37. The molecule has 1 N–H and O–H groups in total. The quantitative estimate of drug-likeness (QED) is 0.776. The highest BCUT2D eigenvalue weighted by Gasteiger charge is 2.10. The van der Waals surface area contributed by atoms with Crippen molar-refractivity contribution in [2.45, 2.75) is 20.4 Å². The van der Waals surface area contributed by atoms with Crippen LogP contribution in [0.3, 0.4) is 0 Å². The Labute approximate surface area is 117 Å². The summed E-state index contributed by atoms with van der Waals surface area (Å²) in [6.45, 7) is 8.54. The smallest absolute Gasteiger partial charge is 0.0562 e. The summed E-state index contributed by atoms with van der Waals surface area (Å²) in [5, 5.41) is 3.15. The first-order chi connectivity index (χ1) is 9.02. The highest BCUT2D eigenvalue weighted by Crippen LogP contribution is 2.16. The first kappa shape index (κ1) is 15.9. The molecule has 0 bridgehead atoms. The molecule has 0 atom stereocenters. The molecule has 0 spiro atoms. The van der Waals surface area contributed by atoms with E-state index in [9.17, 15) is 0 Å². The van der Waals surface area contributed by atoms with Crippen molar-refractivity contribution >= 4 is 5.69 Å². The summed E-state index contributed by atoms with van der Waals surface area (Å²) in [6.07, 6.45) is 1.91. The standard InChI is InChI=1S/C15H28N4/c1-13(2)12-19(9-8-18(4)5)15-6-7-17-14(10-15)11-16-3/h6-7,10,13,16H,8-9,11-12H2,1-5H3. The molecular weight excluding hydrogens is 236 g/mol. The third-order valence-corrected chi connectivity index (χ3v) is 2.93. The van der Waals surface area contributed by atoms with Gasteiger partial charge in [-0.25, -0.2) is 0 Å². The summed E-state index contributed by atoms with van der Waals surface area (Å²) in [7, 11) is 6.19. The molecule has 0 aliphatic heterocycles. The zero-order valence-corrected chi connectivity index (χ0v) is 13.0. The number of nitrogens with zero attached hydrogens (tertiary/aromatic N) is 3. The van der Waals surface area contributed by atoms with Crippen molar-refractivity contribution in [1.29, 1.82) is 0 Å². The second-order valence-electron chi connectivity index (χ2n) is 5.68. The Bertz CT molecular complexity index is 363. The number of hydrogen-bond donors (Lipinski definition) is 1. The van der Waals surface area contributed by atoms with Gasteiger partial charge in [0.1, 0.15) is 0 Å². The van der Waals surface area contributed by atoms with Crippen molar-refractivity contribution in [2.24, 2.45) is 5.92 Å². The van der Waals surface area contributed by atoms with Crippen molar-refractivity contribution in [3.05, 3.63) is 24.0 Å². The number of nitrogens with one attached hydrogen (secondary N) is 1.